The number of aromatic nitrogens is 3. The van der Waals surface area contributed by atoms with Crippen molar-refractivity contribution in [1.29, 1.82) is 0 Å². The molecule has 2 aromatic heterocycles. The number of nitrogens with zero attached hydrogens (tertiary/aromatic N) is 3. The predicted molar refractivity (Wildman–Crippen MR) is 104 cm³/mol. The summed E-state index contributed by atoms with van der Waals surface area (Å²) in [4.78, 5) is 16.1. The third-order valence-electron chi connectivity index (χ3n) is 3.85. The molecule has 0 aliphatic carbocycles. The van der Waals surface area contributed by atoms with E-state index in [4.69, 9.17) is 4.74 Å². The van der Waals surface area contributed by atoms with Crippen LogP contribution in [0.4, 0.5) is 13.6 Å². The Hall–Kier alpha value is -2.55. The highest BCUT2D eigenvalue weighted by Gasteiger charge is 2.19. The fourth-order valence-electron chi connectivity index (χ4n) is 2.71. The van der Waals surface area contributed by atoms with Crippen molar-refractivity contribution in [2.45, 2.75) is 39.3 Å². The second-order valence-corrected chi connectivity index (χ2v) is 8.08. The van der Waals surface area contributed by atoms with Crippen LogP contribution in [0.2, 0.25) is 0 Å². The van der Waals surface area contributed by atoms with Gasteiger partial charge >= 0.3 is 6.09 Å². The molecule has 0 atom stereocenters. The van der Waals surface area contributed by atoms with Crippen molar-refractivity contribution in [2.24, 2.45) is 0 Å². The average molecular weight is 453 g/mol. The number of rotatable bonds is 4. The molecule has 1 aromatic carbocycles. The van der Waals surface area contributed by atoms with E-state index in [1.807, 2.05) is 6.07 Å². The van der Waals surface area contributed by atoms with Crippen LogP contribution in [0.3, 0.4) is 0 Å². The fraction of sp³-hybridized carbons (Fsp3) is 0.316. The van der Waals surface area contributed by atoms with Gasteiger partial charge < -0.3 is 10.1 Å². The number of hydrogen-bond donors (Lipinski definition) is 1. The second-order valence-electron chi connectivity index (χ2n) is 7.17. The molecule has 148 valence electrons. The van der Waals surface area contributed by atoms with E-state index in [0.29, 0.717) is 22.3 Å². The summed E-state index contributed by atoms with van der Waals surface area (Å²) in [7, 11) is 0. The van der Waals surface area contributed by atoms with Crippen molar-refractivity contribution in [2.75, 3.05) is 0 Å². The van der Waals surface area contributed by atoms with Crippen molar-refractivity contribution in [1.82, 2.24) is 19.9 Å². The van der Waals surface area contributed by atoms with Crippen molar-refractivity contribution in [3.05, 3.63) is 52.4 Å². The first kappa shape index (κ1) is 20.2. The predicted octanol–water partition coefficient (Wildman–Crippen LogP) is 5.12. The van der Waals surface area contributed by atoms with E-state index in [1.54, 1.807) is 43.6 Å². The molecule has 3 rings (SSSR count). The van der Waals surface area contributed by atoms with E-state index in [-0.39, 0.29) is 12.1 Å². The second kappa shape index (κ2) is 7.83. The maximum Gasteiger partial charge on any atom is 0.407 e. The summed E-state index contributed by atoms with van der Waals surface area (Å²) >= 11 is 3.37. The Morgan fingerprint density at radius 2 is 2.07 bits per heavy atom. The number of nitrogens with one attached hydrogen (secondary N) is 1. The average Bonchev–Trinajstić information content (AvgIpc) is 2.98. The van der Waals surface area contributed by atoms with Crippen LogP contribution in [0.25, 0.3) is 16.8 Å². The van der Waals surface area contributed by atoms with E-state index in [1.165, 1.54) is 12.4 Å². The van der Waals surface area contributed by atoms with Gasteiger partial charge in [-0.15, -0.1) is 0 Å². The van der Waals surface area contributed by atoms with Gasteiger partial charge in [0.2, 0.25) is 0 Å². The van der Waals surface area contributed by atoms with Crippen LogP contribution in [-0.2, 0) is 11.3 Å². The molecule has 6 nitrogen and oxygen atoms in total. The maximum absolute atomic E-state index is 13.6. The molecule has 0 aliphatic rings. The number of hydrogen-bond acceptors (Lipinski definition) is 4. The van der Waals surface area contributed by atoms with Crippen LogP contribution in [0.15, 0.2) is 41.3 Å². The minimum Gasteiger partial charge on any atom is -0.444 e. The van der Waals surface area contributed by atoms with E-state index < -0.39 is 18.1 Å². The Morgan fingerprint density at radius 1 is 1.32 bits per heavy atom. The number of benzene rings is 1. The zero-order valence-electron chi connectivity index (χ0n) is 15.5. The quantitative estimate of drug-likeness (QED) is 0.596. The van der Waals surface area contributed by atoms with Gasteiger partial charge in [0, 0.05) is 28.3 Å². The van der Waals surface area contributed by atoms with Gasteiger partial charge in [-0.1, -0.05) is 12.1 Å². The molecule has 0 fully saturated rings. The summed E-state index contributed by atoms with van der Waals surface area (Å²) < 4.78 is 34.9. The summed E-state index contributed by atoms with van der Waals surface area (Å²) in [5.41, 5.74) is 1.24. The molecule has 3 aromatic rings. The lowest BCUT2D eigenvalue weighted by molar-refractivity contribution is 0.0522. The van der Waals surface area contributed by atoms with Crippen LogP contribution in [0, 0.1) is 0 Å². The molecule has 0 saturated carbocycles. The molecule has 0 radical (unpaired) electrons. The van der Waals surface area contributed by atoms with Gasteiger partial charge in [-0.05, 0) is 54.4 Å². The topological polar surface area (TPSA) is 68.5 Å². The van der Waals surface area contributed by atoms with Crippen molar-refractivity contribution >= 4 is 27.5 Å². The molecule has 1 amide bonds. The van der Waals surface area contributed by atoms with E-state index in [0.717, 1.165) is 4.47 Å². The third kappa shape index (κ3) is 4.64. The summed E-state index contributed by atoms with van der Waals surface area (Å²) in [6.07, 6.45) is -0.235. The number of carbonyl (C=O) groups excluding carboxylic acids is 1. The molecule has 0 unspecified atom stereocenters. The Morgan fingerprint density at radius 3 is 2.75 bits per heavy atom. The number of halogens is 3. The van der Waals surface area contributed by atoms with Crippen molar-refractivity contribution in [3.63, 3.8) is 0 Å². The molecule has 1 N–H and O–H groups in total. The monoisotopic (exact) mass is 452 g/mol. The summed E-state index contributed by atoms with van der Waals surface area (Å²) in [5.74, 6) is 0. The number of amides is 1. The van der Waals surface area contributed by atoms with E-state index in [2.05, 4.69) is 31.3 Å². The van der Waals surface area contributed by atoms with Crippen molar-refractivity contribution in [3.8, 4) is 11.3 Å². The Bertz CT molecular complexity index is 1010. The van der Waals surface area contributed by atoms with Gasteiger partial charge in [-0.3, -0.25) is 0 Å². The number of fused-ring (bicyclic) bond motifs is 1. The van der Waals surface area contributed by atoms with Gasteiger partial charge in [0.15, 0.2) is 0 Å². The summed E-state index contributed by atoms with van der Waals surface area (Å²) in [6, 6.07) is 6.46. The molecular formula is C19H19BrF2N4O2. The van der Waals surface area contributed by atoms with Gasteiger partial charge in [-0.25, -0.2) is 23.1 Å². The fourth-order valence-corrected chi connectivity index (χ4v) is 3.12. The zero-order valence-corrected chi connectivity index (χ0v) is 17.1. The molecule has 28 heavy (non-hydrogen) atoms. The summed E-state index contributed by atoms with van der Waals surface area (Å²) in [5, 5.41) is 6.62. The minimum atomic E-state index is -2.70. The molecule has 2 heterocycles. The lowest BCUT2D eigenvalue weighted by Crippen LogP contribution is -2.32. The van der Waals surface area contributed by atoms with E-state index >= 15 is 0 Å². The smallest absolute Gasteiger partial charge is 0.407 e. The number of alkyl halides is 2. The molecule has 0 saturated heterocycles. The lowest BCUT2D eigenvalue weighted by Gasteiger charge is -2.20. The summed E-state index contributed by atoms with van der Waals surface area (Å²) in [6.45, 7) is 5.13. The number of alkyl carbamates (subject to hydrolysis) is 1. The van der Waals surface area contributed by atoms with E-state index in [9.17, 15) is 13.6 Å². The normalized spacial score (nSPS) is 11.8. The highest BCUT2D eigenvalue weighted by Crippen LogP contribution is 2.31. The van der Waals surface area contributed by atoms with Crippen LogP contribution >= 0.6 is 15.9 Å². The Labute approximate surface area is 169 Å². The molecule has 9 heteroatoms. The van der Waals surface area contributed by atoms with Crippen molar-refractivity contribution < 1.29 is 18.3 Å². The first-order valence-corrected chi connectivity index (χ1v) is 9.30. The first-order valence-electron chi connectivity index (χ1n) is 8.51. The molecule has 0 bridgehead atoms. The Balaban J connectivity index is 1.90. The highest BCUT2D eigenvalue weighted by molar-refractivity contribution is 9.10. The third-order valence-corrected chi connectivity index (χ3v) is 4.28. The lowest BCUT2D eigenvalue weighted by atomic mass is 10.0. The maximum atomic E-state index is 13.6. The molecule has 0 spiro atoms. The van der Waals surface area contributed by atoms with Crippen LogP contribution < -0.4 is 5.32 Å². The SMILES string of the molecule is CC(C)(C)OC(=O)NCc1ccc(-c2ncnn3cc(Br)cc23)cc1C(F)F. The number of carbonyl (C=O) groups is 1. The number of ether oxygens (including phenoxy) is 1. The highest BCUT2D eigenvalue weighted by atomic mass is 79.9. The van der Waals surface area contributed by atoms with Crippen LogP contribution in [0.5, 0.6) is 0 Å². The van der Waals surface area contributed by atoms with Gasteiger partial charge in [-0.2, -0.15) is 5.10 Å². The van der Waals surface area contributed by atoms with Gasteiger partial charge in [0.25, 0.3) is 6.43 Å². The van der Waals surface area contributed by atoms with Crippen LogP contribution in [-0.4, -0.2) is 26.3 Å². The zero-order chi connectivity index (χ0) is 20.5. The molecular weight excluding hydrogens is 434 g/mol. The van der Waals surface area contributed by atoms with Gasteiger partial charge in [0.1, 0.15) is 11.9 Å². The first-order chi connectivity index (χ1) is 13.1. The van der Waals surface area contributed by atoms with Crippen LogP contribution in [0.1, 0.15) is 38.3 Å². The Kier molecular flexibility index (Phi) is 5.64. The van der Waals surface area contributed by atoms with Gasteiger partial charge in [0.05, 0.1) is 11.2 Å². The molecule has 0 aliphatic heterocycles. The standard InChI is InChI=1S/C19H19BrF2N4O2/c1-19(2,3)28-18(27)23-8-12-5-4-11(6-14(12)17(21)22)16-15-7-13(20)9-26(15)25-10-24-16/h4-7,9-10,17H,8H2,1-3H3,(H,23,27). The largest absolute Gasteiger partial charge is 0.444 e. The minimum absolute atomic E-state index is 0.0648.